The molecule has 0 amide bonds. The molecule has 0 saturated heterocycles. The van der Waals surface area contributed by atoms with E-state index in [1.807, 2.05) is 37.3 Å². The molecule has 0 unspecified atom stereocenters. The van der Waals surface area contributed by atoms with Gasteiger partial charge in [0.05, 0.1) is 29.8 Å². The van der Waals surface area contributed by atoms with Gasteiger partial charge in [0.1, 0.15) is 0 Å². The maximum atomic E-state index is 12.6. The third-order valence-electron chi connectivity index (χ3n) is 3.56. The molecule has 3 rings (SSSR count). The van der Waals surface area contributed by atoms with Crippen LogP contribution in [0, 0.1) is 18.3 Å². The zero-order valence-electron chi connectivity index (χ0n) is 13.2. The molecule has 0 aliphatic heterocycles. The first kappa shape index (κ1) is 15.5. The molecule has 0 saturated carbocycles. The summed E-state index contributed by atoms with van der Waals surface area (Å²) in [6.45, 7) is 1.82. The molecule has 1 heterocycles. The number of hydrogen-bond acceptors (Lipinski definition) is 5. The van der Waals surface area contributed by atoms with Crippen molar-refractivity contribution in [3.05, 3.63) is 65.4 Å². The molecule has 1 aromatic heterocycles. The summed E-state index contributed by atoms with van der Waals surface area (Å²) in [7, 11) is 1.46. The largest absolute Gasteiger partial charge is 0.493 e. The van der Waals surface area contributed by atoms with Crippen molar-refractivity contribution in [2.75, 3.05) is 7.11 Å². The van der Waals surface area contributed by atoms with Gasteiger partial charge in [0.2, 0.25) is 0 Å². The molecule has 3 aromatic rings. The third kappa shape index (κ3) is 2.90. The molecule has 0 N–H and O–H groups in total. The summed E-state index contributed by atoms with van der Waals surface area (Å²) >= 11 is 0. The number of nitriles is 1. The zero-order chi connectivity index (χ0) is 17.1. The summed E-state index contributed by atoms with van der Waals surface area (Å²) < 4.78 is 10.7. The topological polar surface area (TPSA) is 72.2 Å². The number of nitrogens with zero attached hydrogens (tertiary/aromatic N) is 2. The number of aryl methyl sites for hydroxylation is 1. The lowest BCUT2D eigenvalue weighted by Crippen LogP contribution is -2.11. The number of ether oxygens (including phenoxy) is 2. The Labute approximate surface area is 139 Å². The second-order valence-electron chi connectivity index (χ2n) is 5.20. The quantitative estimate of drug-likeness (QED) is 0.544. The second kappa shape index (κ2) is 6.39. The number of benzene rings is 2. The normalized spacial score (nSPS) is 10.2. The Morgan fingerprint density at radius 2 is 1.92 bits per heavy atom. The lowest BCUT2D eigenvalue weighted by atomic mass is 10.1. The molecular formula is C19H14N2O3. The molecule has 2 aromatic carbocycles. The van der Waals surface area contributed by atoms with Crippen LogP contribution in [0.25, 0.3) is 10.9 Å². The van der Waals surface area contributed by atoms with E-state index in [9.17, 15) is 4.79 Å². The number of esters is 1. The molecule has 0 atom stereocenters. The Bertz CT molecular complexity index is 974. The monoisotopic (exact) mass is 318 g/mol. The summed E-state index contributed by atoms with van der Waals surface area (Å²) in [5.74, 6) is 0.0947. The number of methoxy groups -OCH3 is 1. The van der Waals surface area contributed by atoms with Gasteiger partial charge in [0, 0.05) is 17.1 Å². The number of para-hydroxylation sites is 1. The average molecular weight is 318 g/mol. The predicted octanol–water partition coefficient (Wildman–Crippen LogP) is 3.64. The van der Waals surface area contributed by atoms with Crippen LogP contribution >= 0.6 is 0 Å². The number of fused-ring (bicyclic) bond motifs is 1. The lowest BCUT2D eigenvalue weighted by Gasteiger charge is -2.11. The van der Waals surface area contributed by atoms with E-state index in [4.69, 9.17) is 14.7 Å². The van der Waals surface area contributed by atoms with Crippen LogP contribution in [0.15, 0.2) is 48.5 Å². The Kier molecular flexibility index (Phi) is 4.13. The van der Waals surface area contributed by atoms with E-state index in [0.29, 0.717) is 16.9 Å². The van der Waals surface area contributed by atoms with Crippen molar-refractivity contribution in [1.82, 2.24) is 4.98 Å². The number of aromatic nitrogens is 1. The summed E-state index contributed by atoms with van der Waals surface area (Å²) in [4.78, 5) is 17.0. The van der Waals surface area contributed by atoms with Gasteiger partial charge in [-0.15, -0.1) is 0 Å². The smallest absolute Gasteiger partial charge is 0.344 e. The van der Waals surface area contributed by atoms with Gasteiger partial charge in [-0.05, 0) is 31.2 Å². The maximum absolute atomic E-state index is 12.6. The van der Waals surface area contributed by atoms with Gasteiger partial charge in [0.25, 0.3) is 0 Å². The van der Waals surface area contributed by atoms with Crippen molar-refractivity contribution in [3.8, 4) is 17.6 Å². The van der Waals surface area contributed by atoms with Crippen LogP contribution in [0.3, 0.4) is 0 Å². The van der Waals surface area contributed by atoms with E-state index in [1.165, 1.54) is 13.2 Å². The van der Waals surface area contributed by atoms with Gasteiger partial charge in [-0.2, -0.15) is 5.26 Å². The fourth-order valence-electron chi connectivity index (χ4n) is 2.45. The highest BCUT2D eigenvalue weighted by atomic mass is 16.6. The standard InChI is InChI=1S/C19H14N2O3/c1-12-9-15(14-5-3-4-6-16(14)21-12)19(22)24-17-8-7-13(11-20)10-18(17)23-2/h3-10H,1-2H3. The molecule has 0 radical (unpaired) electrons. The Hall–Kier alpha value is -3.39. The van der Waals surface area contributed by atoms with Gasteiger partial charge in [-0.3, -0.25) is 4.98 Å². The molecule has 0 aliphatic carbocycles. The number of carbonyl (C=O) groups is 1. The lowest BCUT2D eigenvalue weighted by molar-refractivity contribution is 0.0731. The zero-order valence-corrected chi connectivity index (χ0v) is 13.2. The molecule has 5 heteroatoms. The molecule has 0 fully saturated rings. The van der Waals surface area contributed by atoms with Gasteiger partial charge >= 0.3 is 5.97 Å². The van der Waals surface area contributed by atoms with E-state index >= 15 is 0 Å². The van der Waals surface area contributed by atoms with E-state index in [-0.39, 0.29) is 5.75 Å². The molecule has 0 spiro atoms. The highest BCUT2D eigenvalue weighted by Gasteiger charge is 2.16. The van der Waals surface area contributed by atoms with Gasteiger partial charge in [-0.1, -0.05) is 18.2 Å². The van der Waals surface area contributed by atoms with Crippen molar-refractivity contribution in [3.63, 3.8) is 0 Å². The van der Waals surface area contributed by atoms with Crippen LogP contribution in [-0.2, 0) is 0 Å². The molecule has 0 aliphatic rings. The van der Waals surface area contributed by atoms with Crippen LogP contribution in [0.2, 0.25) is 0 Å². The number of carbonyl (C=O) groups excluding carboxylic acids is 1. The van der Waals surface area contributed by atoms with E-state index < -0.39 is 5.97 Å². The molecular weight excluding hydrogens is 304 g/mol. The van der Waals surface area contributed by atoms with Gasteiger partial charge in [0.15, 0.2) is 11.5 Å². The number of rotatable bonds is 3. The van der Waals surface area contributed by atoms with Gasteiger partial charge in [-0.25, -0.2) is 4.79 Å². The second-order valence-corrected chi connectivity index (χ2v) is 5.20. The van der Waals surface area contributed by atoms with Crippen LogP contribution in [0.5, 0.6) is 11.5 Å². The Morgan fingerprint density at radius 3 is 2.67 bits per heavy atom. The molecule has 5 nitrogen and oxygen atoms in total. The van der Waals surface area contributed by atoms with E-state index in [0.717, 1.165) is 16.6 Å². The summed E-state index contributed by atoms with van der Waals surface area (Å²) in [5.41, 5.74) is 2.32. The first-order valence-electron chi connectivity index (χ1n) is 7.29. The Morgan fingerprint density at radius 1 is 1.12 bits per heavy atom. The average Bonchev–Trinajstić information content (AvgIpc) is 2.61. The van der Waals surface area contributed by atoms with Crippen molar-refractivity contribution < 1.29 is 14.3 Å². The van der Waals surface area contributed by atoms with Crippen LogP contribution in [-0.4, -0.2) is 18.1 Å². The van der Waals surface area contributed by atoms with Crippen LogP contribution in [0.1, 0.15) is 21.6 Å². The minimum atomic E-state index is -0.500. The summed E-state index contributed by atoms with van der Waals surface area (Å²) in [5, 5.41) is 9.66. The fraction of sp³-hybridized carbons (Fsp3) is 0.105. The SMILES string of the molecule is COc1cc(C#N)ccc1OC(=O)c1cc(C)nc2ccccc12. The minimum Gasteiger partial charge on any atom is -0.493 e. The first-order valence-corrected chi connectivity index (χ1v) is 7.29. The molecule has 24 heavy (non-hydrogen) atoms. The van der Waals surface area contributed by atoms with Crippen molar-refractivity contribution in [1.29, 1.82) is 5.26 Å². The van der Waals surface area contributed by atoms with Crippen molar-refractivity contribution in [2.45, 2.75) is 6.92 Å². The van der Waals surface area contributed by atoms with Crippen LogP contribution in [0.4, 0.5) is 0 Å². The predicted molar refractivity (Wildman–Crippen MR) is 89.1 cm³/mol. The maximum Gasteiger partial charge on any atom is 0.344 e. The fourth-order valence-corrected chi connectivity index (χ4v) is 2.45. The highest BCUT2D eigenvalue weighted by Crippen LogP contribution is 2.29. The Balaban J connectivity index is 2.01. The van der Waals surface area contributed by atoms with Crippen LogP contribution < -0.4 is 9.47 Å². The molecule has 118 valence electrons. The van der Waals surface area contributed by atoms with E-state index in [2.05, 4.69) is 4.98 Å². The van der Waals surface area contributed by atoms with Gasteiger partial charge < -0.3 is 9.47 Å². The van der Waals surface area contributed by atoms with E-state index in [1.54, 1.807) is 18.2 Å². The first-order chi connectivity index (χ1) is 11.6. The summed E-state index contributed by atoms with van der Waals surface area (Å²) in [6.07, 6.45) is 0. The van der Waals surface area contributed by atoms with Crippen molar-refractivity contribution >= 4 is 16.9 Å². The molecule has 0 bridgehead atoms. The van der Waals surface area contributed by atoms with Crippen molar-refractivity contribution in [2.24, 2.45) is 0 Å². The number of pyridine rings is 1. The summed E-state index contributed by atoms with van der Waals surface area (Å²) in [6, 6.07) is 15.7. The third-order valence-corrected chi connectivity index (χ3v) is 3.56. The minimum absolute atomic E-state index is 0.264. The highest BCUT2D eigenvalue weighted by molar-refractivity contribution is 6.04. The number of hydrogen-bond donors (Lipinski definition) is 0.